The number of amides is 1. The number of halogens is 2. The molecular formula is C44H35Cl2NO7. The number of carbonyl (C=O) groups excluding carboxylic acids is 1. The van der Waals surface area contributed by atoms with Gasteiger partial charge in [-0.15, -0.1) is 0 Å². The molecule has 54 heavy (non-hydrogen) atoms. The molecule has 0 aromatic heterocycles. The number of nitrogens with zero attached hydrogens (tertiary/aromatic N) is 1. The number of ether oxygens (including phenoxy) is 3. The van der Waals surface area contributed by atoms with Gasteiger partial charge in [-0.3, -0.25) is 9.59 Å². The maximum absolute atomic E-state index is 14.4. The van der Waals surface area contributed by atoms with Crippen LogP contribution in [0.15, 0.2) is 137 Å². The van der Waals surface area contributed by atoms with Crippen molar-refractivity contribution in [3.05, 3.63) is 170 Å². The molecule has 0 saturated carbocycles. The van der Waals surface area contributed by atoms with Crippen molar-refractivity contribution in [1.29, 1.82) is 0 Å². The molecule has 1 aliphatic carbocycles. The first-order valence-corrected chi connectivity index (χ1v) is 17.8. The molecule has 0 radical (unpaired) electrons. The quantitative estimate of drug-likeness (QED) is 0.104. The molecule has 1 aliphatic heterocycles. The Morgan fingerprint density at radius 2 is 1.33 bits per heavy atom. The van der Waals surface area contributed by atoms with E-state index in [2.05, 4.69) is 0 Å². The summed E-state index contributed by atoms with van der Waals surface area (Å²) in [5, 5.41) is 11.0. The first-order valence-electron chi connectivity index (χ1n) is 17.1. The van der Waals surface area contributed by atoms with Crippen LogP contribution in [0.5, 0.6) is 17.2 Å². The molecule has 1 amide bonds. The highest BCUT2D eigenvalue weighted by molar-refractivity contribution is 6.33. The fourth-order valence-corrected chi connectivity index (χ4v) is 7.12. The highest BCUT2D eigenvalue weighted by atomic mass is 35.5. The fourth-order valence-electron chi connectivity index (χ4n) is 6.80. The van der Waals surface area contributed by atoms with Crippen molar-refractivity contribution >= 4 is 40.1 Å². The van der Waals surface area contributed by atoms with E-state index in [1.165, 1.54) is 18.2 Å². The van der Waals surface area contributed by atoms with Crippen LogP contribution in [0.2, 0.25) is 10.0 Å². The second-order valence-corrected chi connectivity index (χ2v) is 13.5. The summed E-state index contributed by atoms with van der Waals surface area (Å²) in [6.45, 7) is 0.384. The van der Waals surface area contributed by atoms with Crippen molar-refractivity contribution in [2.75, 3.05) is 34.4 Å². The molecule has 5 aromatic rings. The van der Waals surface area contributed by atoms with Crippen molar-refractivity contribution in [2.45, 2.75) is 5.60 Å². The number of hydrogen-bond donors (Lipinski definition) is 1. The van der Waals surface area contributed by atoms with Gasteiger partial charge in [0, 0.05) is 47.8 Å². The van der Waals surface area contributed by atoms with E-state index in [1.807, 2.05) is 91.0 Å². The third kappa shape index (κ3) is 6.76. The van der Waals surface area contributed by atoms with Gasteiger partial charge in [0.1, 0.15) is 34.2 Å². The molecule has 2 aliphatic rings. The summed E-state index contributed by atoms with van der Waals surface area (Å²) in [6.07, 6.45) is 0. The van der Waals surface area contributed by atoms with E-state index in [0.29, 0.717) is 39.1 Å². The number of phenolic OH excluding ortho intramolecular Hbond substituents is 1. The van der Waals surface area contributed by atoms with Crippen LogP contribution in [-0.2, 0) is 10.3 Å². The van der Waals surface area contributed by atoms with Gasteiger partial charge in [0.25, 0.3) is 5.91 Å². The Bertz CT molecular complexity index is 2430. The van der Waals surface area contributed by atoms with Crippen LogP contribution in [0.3, 0.4) is 0 Å². The topological polar surface area (TPSA) is 98.4 Å². The standard InChI is InChI=1S/C44H35Cl2NO7/c1-47(21-22-53-44(27-9-5-4-6-10-27,28-13-17-30(51-2)18-14-28)29-15-19-31(52-3)20-16-29)43(50)33-12-8-7-11-32(33)42-34-23-36(45)38(48)25-40(34)54-41-26-39(49)37(46)24-35(41)42/h4-20,23-26,48H,21-22H2,1-3H3. The van der Waals surface area contributed by atoms with Gasteiger partial charge < -0.3 is 28.6 Å². The zero-order valence-electron chi connectivity index (χ0n) is 29.6. The third-order valence-corrected chi connectivity index (χ3v) is 10.1. The Morgan fingerprint density at radius 3 is 1.96 bits per heavy atom. The van der Waals surface area contributed by atoms with E-state index in [9.17, 15) is 14.7 Å². The average Bonchev–Trinajstić information content (AvgIpc) is 3.20. The zero-order valence-corrected chi connectivity index (χ0v) is 31.2. The van der Waals surface area contributed by atoms with Gasteiger partial charge in [0.05, 0.1) is 30.9 Å². The average molecular weight is 761 g/mol. The second-order valence-electron chi connectivity index (χ2n) is 12.7. The van der Waals surface area contributed by atoms with Crippen LogP contribution in [0.4, 0.5) is 0 Å². The van der Waals surface area contributed by atoms with E-state index in [-0.39, 0.29) is 46.2 Å². The van der Waals surface area contributed by atoms with Gasteiger partial charge in [-0.1, -0.05) is 96.0 Å². The molecule has 272 valence electrons. The van der Waals surface area contributed by atoms with E-state index >= 15 is 0 Å². The number of benzene rings is 6. The predicted molar refractivity (Wildman–Crippen MR) is 211 cm³/mol. The summed E-state index contributed by atoms with van der Waals surface area (Å²) in [5.41, 5.74) is 3.48. The minimum Gasteiger partial charge on any atom is -0.506 e. The Hall–Kier alpha value is -5.80. The van der Waals surface area contributed by atoms with Gasteiger partial charge in [-0.05, 0) is 64.7 Å². The lowest BCUT2D eigenvalue weighted by Crippen LogP contribution is -2.37. The lowest BCUT2D eigenvalue weighted by atomic mass is 9.80. The normalized spacial score (nSPS) is 11.5. The molecule has 1 heterocycles. The van der Waals surface area contributed by atoms with E-state index in [0.717, 1.165) is 16.7 Å². The SMILES string of the molecule is COc1ccc(C(OCCN(C)C(=O)c2ccccc2-c2c3cc(Cl)c(=O)cc-3oc3cc(O)c(Cl)cc23)(c2ccccc2)c2ccc(OC)cc2)cc1. The highest BCUT2D eigenvalue weighted by Gasteiger charge is 2.38. The molecule has 0 saturated heterocycles. The van der Waals surface area contributed by atoms with Crippen molar-refractivity contribution in [2.24, 2.45) is 0 Å². The summed E-state index contributed by atoms with van der Waals surface area (Å²) >= 11 is 12.7. The largest absolute Gasteiger partial charge is 0.506 e. The number of aromatic hydroxyl groups is 1. The van der Waals surface area contributed by atoms with Crippen LogP contribution in [0, 0.1) is 0 Å². The number of rotatable bonds is 11. The van der Waals surface area contributed by atoms with Crippen molar-refractivity contribution in [3.63, 3.8) is 0 Å². The van der Waals surface area contributed by atoms with Crippen LogP contribution in [0.25, 0.3) is 33.4 Å². The number of likely N-dealkylation sites (N-methyl/N-ethyl adjacent to an activating group) is 1. The number of methoxy groups -OCH3 is 2. The van der Waals surface area contributed by atoms with Gasteiger partial charge in [0.15, 0.2) is 0 Å². The molecule has 10 heteroatoms. The smallest absolute Gasteiger partial charge is 0.254 e. The van der Waals surface area contributed by atoms with Crippen LogP contribution < -0.4 is 14.9 Å². The lowest BCUT2D eigenvalue weighted by Gasteiger charge is -2.36. The third-order valence-electron chi connectivity index (χ3n) is 9.53. The van der Waals surface area contributed by atoms with Gasteiger partial charge in [0.2, 0.25) is 5.43 Å². The fraction of sp³-hybridized carbons (Fsp3) is 0.136. The zero-order chi connectivity index (χ0) is 38.0. The first kappa shape index (κ1) is 36.6. The number of phenols is 1. The monoisotopic (exact) mass is 759 g/mol. The molecule has 1 N–H and O–H groups in total. The van der Waals surface area contributed by atoms with Crippen molar-refractivity contribution in [1.82, 2.24) is 4.90 Å². The second kappa shape index (κ2) is 15.3. The first-order chi connectivity index (χ1) is 26.1. The summed E-state index contributed by atoms with van der Waals surface area (Å²) in [6, 6.07) is 38.4. The molecular weight excluding hydrogens is 725 g/mol. The Kier molecular flexibility index (Phi) is 10.3. The maximum atomic E-state index is 14.4. The number of hydrogen-bond acceptors (Lipinski definition) is 7. The minimum absolute atomic E-state index is 0.00290. The maximum Gasteiger partial charge on any atom is 0.254 e. The predicted octanol–water partition coefficient (Wildman–Crippen LogP) is 9.68. The Labute approximate surface area is 322 Å². The molecule has 8 nitrogen and oxygen atoms in total. The lowest BCUT2D eigenvalue weighted by molar-refractivity contribution is 0.00419. The summed E-state index contributed by atoms with van der Waals surface area (Å²) < 4.78 is 24.0. The summed E-state index contributed by atoms with van der Waals surface area (Å²) in [5.74, 6) is 1.21. The highest BCUT2D eigenvalue weighted by Crippen LogP contribution is 2.45. The van der Waals surface area contributed by atoms with Crippen molar-refractivity contribution < 1.29 is 28.5 Å². The van der Waals surface area contributed by atoms with Gasteiger partial charge in [-0.25, -0.2) is 0 Å². The molecule has 7 rings (SSSR count). The van der Waals surface area contributed by atoms with Crippen LogP contribution in [-0.4, -0.2) is 50.3 Å². The number of carbonyl (C=O) groups is 1. The van der Waals surface area contributed by atoms with E-state index in [4.69, 9.17) is 41.8 Å². The van der Waals surface area contributed by atoms with Crippen LogP contribution >= 0.6 is 23.2 Å². The van der Waals surface area contributed by atoms with E-state index in [1.54, 1.807) is 44.4 Å². The molecule has 0 unspecified atom stereocenters. The van der Waals surface area contributed by atoms with Crippen molar-refractivity contribution in [3.8, 4) is 39.7 Å². The molecule has 0 bridgehead atoms. The van der Waals surface area contributed by atoms with Crippen LogP contribution in [0.1, 0.15) is 27.0 Å². The minimum atomic E-state index is -1.06. The Morgan fingerprint density at radius 1 is 0.741 bits per heavy atom. The number of fused-ring (bicyclic) bond motifs is 2. The Balaban J connectivity index is 1.27. The molecule has 5 aromatic carbocycles. The summed E-state index contributed by atoms with van der Waals surface area (Å²) in [4.78, 5) is 28.6. The molecule has 0 atom stereocenters. The molecule has 0 fully saturated rings. The van der Waals surface area contributed by atoms with Gasteiger partial charge in [-0.2, -0.15) is 0 Å². The molecule has 0 spiro atoms. The van der Waals surface area contributed by atoms with Gasteiger partial charge >= 0.3 is 0 Å². The summed E-state index contributed by atoms with van der Waals surface area (Å²) in [7, 11) is 4.97. The van der Waals surface area contributed by atoms with E-state index < -0.39 is 11.0 Å².